The molecule has 13 aromatic rings. The van der Waals surface area contributed by atoms with E-state index in [0.717, 1.165) is 72.5 Å². The molecule has 0 saturated heterocycles. The molecule has 63 heavy (non-hydrogen) atoms. The first-order chi connectivity index (χ1) is 31.3. The van der Waals surface area contributed by atoms with Gasteiger partial charge in [0.1, 0.15) is 0 Å². The first-order valence-electron chi connectivity index (χ1n) is 21.1. The van der Waals surface area contributed by atoms with Gasteiger partial charge in [-0.25, -0.2) is 4.98 Å². The van der Waals surface area contributed by atoms with Crippen molar-refractivity contribution in [3.05, 3.63) is 213 Å². The van der Waals surface area contributed by atoms with E-state index >= 15 is 0 Å². The number of para-hydroxylation sites is 4. The average Bonchev–Trinajstić information content (AvgIpc) is 3.88. The first-order valence-corrected chi connectivity index (χ1v) is 21.1. The molecule has 8 aromatic carbocycles. The number of hydrogen-bond donors (Lipinski definition) is 0. The lowest BCUT2D eigenvalue weighted by molar-refractivity contribution is 1.16. The van der Waals surface area contributed by atoms with Crippen LogP contribution in [0.2, 0.25) is 0 Å². The van der Waals surface area contributed by atoms with Crippen molar-refractivity contribution >= 4 is 93.5 Å². The molecule has 0 spiro atoms. The highest BCUT2D eigenvalue weighted by atomic mass is 15.1. The zero-order chi connectivity index (χ0) is 41.4. The number of rotatable bonds is 6. The van der Waals surface area contributed by atoms with Gasteiger partial charge in [-0.1, -0.05) is 103 Å². The van der Waals surface area contributed by atoms with Crippen molar-refractivity contribution in [3.63, 3.8) is 0 Å². The van der Waals surface area contributed by atoms with E-state index in [1.165, 1.54) is 43.6 Å². The third-order valence-corrected chi connectivity index (χ3v) is 12.4. The molecular weight excluding hydrogens is 771 g/mol. The van der Waals surface area contributed by atoms with Crippen LogP contribution >= 0.6 is 0 Å². The van der Waals surface area contributed by atoms with Crippen LogP contribution < -0.4 is 4.90 Å². The third kappa shape index (κ3) is 5.46. The van der Waals surface area contributed by atoms with Crippen LogP contribution in [0.5, 0.6) is 0 Å². The van der Waals surface area contributed by atoms with Crippen LogP contribution in [-0.4, -0.2) is 29.1 Å². The zero-order valence-corrected chi connectivity index (χ0v) is 33.8. The Kier molecular flexibility index (Phi) is 7.77. The molecule has 0 radical (unpaired) electrons. The fraction of sp³-hybridized carbons (Fsp3) is 0. The Balaban J connectivity index is 1.00. The van der Waals surface area contributed by atoms with Gasteiger partial charge in [-0.3, -0.25) is 15.0 Å². The molecule has 0 amide bonds. The zero-order valence-electron chi connectivity index (χ0n) is 33.8. The standard InChI is InChI=1S/C56H35N7/c1-2-12-36(13-3-1)48-31-30-46-53-54(58-33-32-57-53)47-34-41(35-59-55(47)56(46)60-48)61(37-22-26-39(27-23-37)62-49-18-8-4-14-42(49)43-15-5-9-19-50(43)62)38-24-28-40(29-25-38)63-51-20-10-6-16-44(51)45-17-7-11-21-52(45)63/h1-35H. The molecule has 5 aromatic heterocycles. The van der Waals surface area contributed by atoms with Gasteiger partial charge in [-0.2, -0.15) is 0 Å². The lowest BCUT2D eigenvalue weighted by Gasteiger charge is -2.26. The molecule has 7 heteroatoms. The Bertz CT molecular complexity index is 3640. The number of benzene rings is 8. The summed E-state index contributed by atoms with van der Waals surface area (Å²) in [6.07, 6.45) is 5.47. The Hall–Kier alpha value is -8.68. The van der Waals surface area contributed by atoms with E-state index in [4.69, 9.17) is 19.9 Å². The van der Waals surface area contributed by atoms with Gasteiger partial charge in [0.15, 0.2) is 0 Å². The predicted octanol–water partition coefficient (Wildman–Crippen LogP) is 14.1. The first kappa shape index (κ1) is 35.1. The number of nitrogens with zero attached hydrogens (tertiary/aromatic N) is 7. The van der Waals surface area contributed by atoms with E-state index in [1.54, 1.807) is 12.4 Å². The molecule has 5 heterocycles. The molecule has 294 valence electrons. The Morgan fingerprint density at radius 2 is 0.778 bits per heavy atom. The van der Waals surface area contributed by atoms with Gasteiger partial charge < -0.3 is 14.0 Å². The van der Waals surface area contributed by atoms with Crippen molar-refractivity contribution in [1.29, 1.82) is 0 Å². The second kappa shape index (κ2) is 13.9. The maximum atomic E-state index is 5.24. The molecule has 0 saturated carbocycles. The van der Waals surface area contributed by atoms with Crippen LogP contribution in [0.15, 0.2) is 213 Å². The second-order valence-corrected chi connectivity index (χ2v) is 15.9. The molecule has 0 atom stereocenters. The summed E-state index contributed by atoms with van der Waals surface area (Å²) in [5, 5.41) is 6.74. The highest BCUT2D eigenvalue weighted by Crippen LogP contribution is 2.41. The minimum absolute atomic E-state index is 0.780. The summed E-state index contributed by atoms with van der Waals surface area (Å²) in [4.78, 5) is 22.5. The van der Waals surface area contributed by atoms with Crippen molar-refractivity contribution in [1.82, 2.24) is 29.1 Å². The van der Waals surface area contributed by atoms with Crippen LogP contribution in [-0.2, 0) is 0 Å². The highest BCUT2D eigenvalue weighted by Gasteiger charge is 2.20. The van der Waals surface area contributed by atoms with Crippen LogP contribution in [0.25, 0.3) is 99.1 Å². The lowest BCUT2D eigenvalue weighted by atomic mass is 10.0. The minimum Gasteiger partial charge on any atom is -0.309 e. The van der Waals surface area contributed by atoms with Crippen LogP contribution in [0.3, 0.4) is 0 Å². The molecule has 0 unspecified atom stereocenters. The number of pyridine rings is 2. The van der Waals surface area contributed by atoms with Crippen molar-refractivity contribution in [2.24, 2.45) is 0 Å². The molecule has 0 aliphatic carbocycles. The maximum absolute atomic E-state index is 5.24. The average molecular weight is 806 g/mol. The number of anilines is 3. The normalized spacial score (nSPS) is 11.8. The molecule has 0 aliphatic rings. The Morgan fingerprint density at radius 3 is 1.29 bits per heavy atom. The van der Waals surface area contributed by atoms with Crippen molar-refractivity contribution in [3.8, 4) is 22.6 Å². The van der Waals surface area contributed by atoms with Crippen molar-refractivity contribution in [2.75, 3.05) is 4.90 Å². The molecule has 0 fully saturated rings. The number of hydrogen-bond acceptors (Lipinski definition) is 5. The van der Waals surface area contributed by atoms with Gasteiger partial charge in [0, 0.05) is 73.0 Å². The van der Waals surface area contributed by atoms with Gasteiger partial charge in [0.05, 0.1) is 61.7 Å². The fourth-order valence-corrected chi connectivity index (χ4v) is 9.63. The highest BCUT2D eigenvalue weighted by molar-refractivity contribution is 6.21. The van der Waals surface area contributed by atoms with Crippen LogP contribution in [0.1, 0.15) is 0 Å². The minimum atomic E-state index is 0.780. The summed E-state index contributed by atoms with van der Waals surface area (Å²) in [6.45, 7) is 0. The van der Waals surface area contributed by atoms with E-state index in [2.05, 4.69) is 190 Å². The number of fused-ring (bicyclic) bond motifs is 12. The molecule has 7 nitrogen and oxygen atoms in total. The lowest BCUT2D eigenvalue weighted by Crippen LogP contribution is -2.11. The summed E-state index contributed by atoms with van der Waals surface area (Å²) in [6, 6.07) is 68.8. The van der Waals surface area contributed by atoms with Crippen LogP contribution in [0, 0.1) is 0 Å². The monoisotopic (exact) mass is 805 g/mol. The van der Waals surface area contributed by atoms with Crippen LogP contribution in [0.4, 0.5) is 17.1 Å². The van der Waals surface area contributed by atoms with E-state index in [0.29, 0.717) is 0 Å². The van der Waals surface area contributed by atoms with Gasteiger partial charge in [-0.15, -0.1) is 0 Å². The van der Waals surface area contributed by atoms with E-state index < -0.39 is 0 Å². The van der Waals surface area contributed by atoms with Crippen molar-refractivity contribution < 1.29 is 0 Å². The molecule has 0 N–H and O–H groups in total. The molecule has 13 rings (SSSR count). The molecular formula is C56H35N7. The van der Waals surface area contributed by atoms with E-state index in [9.17, 15) is 0 Å². The smallest absolute Gasteiger partial charge is 0.0995 e. The third-order valence-electron chi connectivity index (χ3n) is 12.4. The quantitative estimate of drug-likeness (QED) is 0.157. The SMILES string of the molecule is c1ccc(-c2ccc3c4nccnc4c4cc(N(c5ccc(-n6c7ccccc7c7ccccc76)cc5)c5ccc(-n6c7ccccc7c7ccccc76)cc5)cnc4c3n2)cc1. The van der Waals surface area contributed by atoms with Gasteiger partial charge in [0.2, 0.25) is 0 Å². The summed E-state index contributed by atoms with van der Waals surface area (Å²) >= 11 is 0. The van der Waals surface area contributed by atoms with Gasteiger partial charge >= 0.3 is 0 Å². The van der Waals surface area contributed by atoms with Gasteiger partial charge in [-0.05, 0) is 91.0 Å². The molecule has 0 aliphatic heterocycles. The maximum Gasteiger partial charge on any atom is 0.0995 e. The van der Waals surface area contributed by atoms with Crippen molar-refractivity contribution in [2.45, 2.75) is 0 Å². The summed E-state index contributed by atoms with van der Waals surface area (Å²) in [5.74, 6) is 0. The summed E-state index contributed by atoms with van der Waals surface area (Å²) in [7, 11) is 0. The molecule has 0 bridgehead atoms. The fourth-order valence-electron chi connectivity index (χ4n) is 9.63. The summed E-state index contributed by atoms with van der Waals surface area (Å²) < 4.78 is 4.70. The van der Waals surface area contributed by atoms with Gasteiger partial charge in [0.25, 0.3) is 0 Å². The Morgan fingerprint density at radius 1 is 0.333 bits per heavy atom. The summed E-state index contributed by atoms with van der Waals surface area (Å²) in [5.41, 5.74) is 14.8. The predicted molar refractivity (Wildman–Crippen MR) is 259 cm³/mol. The van der Waals surface area contributed by atoms with E-state index in [1.807, 2.05) is 24.4 Å². The number of aromatic nitrogens is 6. The van der Waals surface area contributed by atoms with E-state index in [-0.39, 0.29) is 0 Å². The second-order valence-electron chi connectivity index (χ2n) is 15.9. The topological polar surface area (TPSA) is 64.7 Å². The Labute approximate surface area is 361 Å². The largest absolute Gasteiger partial charge is 0.309 e.